The largest absolute Gasteiger partial charge is 0.378 e. The minimum absolute atomic E-state index is 0.113. The van der Waals surface area contributed by atoms with Crippen LogP contribution in [0.25, 0.3) is 0 Å². The molecule has 0 amide bonds. The third-order valence-corrected chi connectivity index (χ3v) is 11.1. The SMILES string of the molecule is Cc1ccc(S(=O)(=O)N=C(CN2CCCC2)N2CCN(S(=O)(=O)c3ccc(C)cc3)[C@@H]2c2ccc(N(C)C)cc2)cc1. The molecule has 0 unspecified atom stereocenters. The molecule has 0 aromatic heterocycles. The van der Waals surface area contributed by atoms with Crippen LogP contribution in [0.5, 0.6) is 0 Å². The minimum Gasteiger partial charge on any atom is -0.378 e. The van der Waals surface area contributed by atoms with Crippen molar-refractivity contribution in [2.75, 3.05) is 51.7 Å². The molecular formula is C31H39N5O4S2. The smallest absolute Gasteiger partial charge is 0.283 e. The van der Waals surface area contributed by atoms with Crippen LogP contribution in [0.15, 0.2) is 87.0 Å². The molecule has 1 atom stereocenters. The van der Waals surface area contributed by atoms with Crippen molar-refractivity contribution in [3.8, 4) is 0 Å². The van der Waals surface area contributed by atoms with Crippen LogP contribution in [0.3, 0.4) is 0 Å². The van der Waals surface area contributed by atoms with E-state index in [1.807, 2.05) is 62.0 Å². The maximum Gasteiger partial charge on any atom is 0.283 e. The summed E-state index contributed by atoms with van der Waals surface area (Å²) in [6.07, 6.45) is 1.30. The molecule has 2 aliphatic heterocycles. The third kappa shape index (κ3) is 6.39. The lowest BCUT2D eigenvalue weighted by molar-refractivity contribution is 0.271. The Morgan fingerprint density at radius 1 is 0.762 bits per heavy atom. The molecule has 0 saturated carbocycles. The van der Waals surface area contributed by atoms with E-state index < -0.39 is 26.2 Å². The van der Waals surface area contributed by atoms with Gasteiger partial charge in [0, 0.05) is 32.9 Å². The summed E-state index contributed by atoms with van der Waals surface area (Å²) in [6.45, 7) is 6.31. The summed E-state index contributed by atoms with van der Waals surface area (Å²) < 4.78 is 61.3. The van der Waals surface area contributed by atoms with Gasteiger partial charge in [-0.05, 0) is 81.7 Å². The monoisotopic (exact) mass is 609 g/mol. The van der Waals surface area contributed by atoms with E-state index >= 15 is 0 Å². The van der Waals surface area contributed by atoms with Crippen LogP contribution in [0.1, 0.15) is 35.7 Å². The number of nitrogens with zero attached hydrogens (tertiary/aromatic N) is 5. The second-order valence-electron chi connectivity index (χ2n) is 11.3. The number of benzene rings is 3. The normalized spacial score (nSPS) is 19.0. The van der Waals surface area contributed by atoms with Crippen molar-refractivity contribution in [3.05, 3.63) is 89.5 Å². The van der Waals surface area contributed by atoms with Crippen LogP contribution < -0.4 is 4.90 Å². The molecule has 2 aliphatic rings. The van der Waals surface area contributed by atoms with Gasteiger partial charge in [-0.3, -0.25) is 4.90 Å². The van der Waals surface area contributed by atoms with Gasteiger partial charge in [0.25, 0.3) is 10.0 Å². The molecule has 0 spiro atoms. The maximum absolute atomic E-state index is 14.1. The van der Waals surface area contributed by atoms with Crippen molar-refractivity contribution in [2.24, 2.45) is 4.40 Å². The van der Waals surface area contributed by atoms with Gasteiger partial charge >= 0.3 is 0 Å². The Hall–Kier alpha value is -3.25. The van der Waals surface area contributed by atoms with Gasteiger partial charge in [-0.1, -0.05) is 47.5 Å². The topological polar surface area (TPSA) is 93.6 Å². The Bertz CT molecular complexity index is 1630. The summed E-state index contributed by atoms with van der Waals surface area (Å²) in [6, 6.07) is 21.2. The minimum atomic E-state index is -4.04. The van der Waals surface area contributed by atoms with Gasteiger partial charge in [-0.15, -0.1) is 4.40 Å². The Morgan fingerprint density at radius 2 is 1.31 bits per heavy atom. The van der Waals surface area contributed by atoms with Gasteiger partial charge in [0.2, 0.25) is 10.0 Å². The standard InChI is InChI=1S/C31H39N5O4S2/c1-24-7-15-28(16-8-24)41(37,38)32-30(23-34-19-5-6-20-34)35-21-22-36(42(39,40)29-17-9-25(2)10-18-29)31(35)26-11-13-27(14-12-26)33(3)4/h7-18,31H,5-6,19-23H2,1-4H3/t31-/m1/s1. The summed E-state index contributed by atoms with van der Waals surface area (Å²) in [5.74, 6) is 0.348. The van der Waals surface area contributed by atoms with Crippen molar-refractivity contribution in [1.82, 2.24) is 14.1 Å². The first-order valence-electron chi connectivity index (χ1n) is 14.2. The van der Waals surface area contributed by atoms with Crippen molar-refractivity contribution in [3.63, 3.8) is 0 Å². The molecule has 9 nitrogen and oxygen atoms in total. The molecule has 42 heavy (non-hydrogen) atoms. The van der Waals surface area contributed by atoms with E-state index in [1.54, 1.807) is 48.5 Å². The van der Waals surface area contributed by atoms with Crippen LogP contribution >= 0.6 is 0 Å². The molecule has 0 bridgehead atoms. The van der Waals surface area contributed by atoms with Crippen LogP contribution in [-0.4, -0.2) is 83.6 Å². The van der Waals surface area contributed by atoms with Crippen molar-refractivity contribution >= 4 is 31.6 Å². The average molecular weight is 610 g/mol. The number of aryl methyl sites for hydroxylation is 2. The summed E-state index contributed by atoms with van der Waals surface area (Å²) in [5.41, 5.74) is 3.64. The van der Waals surface area contributed by atoms with E-state index in [4.69, 9.17) is 0 Å². The van der Waals surface area contributed by atoms with Gasteiger partial charge in [0.15, 0.2) is 0 Å². The van der Waals surface area contributed by atoms with Crippen LogP contribution in [-0.2, 0) is 20.0 Å². The molecule has 2 heterocycles. The molecule has 224 valence electrons. The van der Waals surface area contributed by atoms with Crippen LogP contribution in [0, 0.1) is 13.8 Å². The number of sulfonamides is 2. The first kappa shape index (κ1) is 30.2. The van der Waals surface area contributed by atoms with Crippen LogP contribution in [0.4, 0.5) is 5.69 Å². The second kappa shape index (κ2) is 12.2. The zero-order valence-corrected chi connectivity index (χ0v) is 26.3. The molecule has 0 radical (unpaired) electrons. The summed E-state index contributed by atoms with van der Waals surface area (Å²) in [7, 11) is -4.06. The Labute approximate surface area is 250 Å². The number of hydrogen-bond donors (Lipinski definition) is 0. The highest BCUT2D eigenvalue weighted by Crippen LogP contribution is 2.36. The van der Waals surface area contributed by atoms with Crippen molar-refractivity contribution in [1.29, 1.82) is 0 Å². The lowest BCUT2D eigenvalue weighted by atomic mass is 10.1. The molecule has 5 rings (SSSR count). The quantitative estimate of drug-likeness (QED) is 0.278. The first-order chi connectivity index (χ1) is 20.0. The van der Waals surface area contributed by atoms with Gasteiger partial charge < -0.3 is 9.80 Å². The van der Waals surface area contributed by atoms with Gasteiger partial charge in [-0.2, -0.15) is 12.7 Å². The van der Waals surface area contributed by atoms with Crippen molar-refractivity contribution < 1.29 is 16.8 Å². The Balaban J connectivity index is 1.62. The molecule has 0 N–H and O–H groups in total. The van der Waals surface area contributed by atoms with E-state index in [0.29, 0.717) is 18.9 Å². The maximum atomic E-state index is 14.1. The zero-order valence-electron chi connectivity index (χ0n) is 24.6. The van der Waals surface area contributed by atoms with Gasteiger partial charge in [0.1, 0.15) is 12.0 Å². The Kier molecular flexibility index (Phi) is 8.75. The summed E-state index contributed by atoms with van der Waals surface area (Å²) in [4.78, 5) is 6.34. The fraction of sp³-hybridized carbons (Fsp3) is 0.387. The highest BCUT2D eigenvalue weighted by Gasteiger charge is 2.43. The predicted octanol–water partition coefficient (Wildman–Crippen LogP) is 4.26. The number of amidine groups is 1. The predicted molar refractivity (Wildman–Crippen MR) is 167 cm³/mol. The molecule has 2 saturated heterocycles. The van der Waals surface area contributed by atoms with Crippen LogP contribution in [0.2, 0.25) is 0 Å². The number of rotatable bonds is 8. The van der Waals surface area contributed by atoms with E-state index in [9.17, 15) is 16.8 Å². The Morgan fingerprint density at radius 3 is 1.86 bits per heavy atom. The highest BCUT2D eigenvalue weighted by atomic mass is 32.2. The zero-order chi connectivity index (χ0) is 30.1. The van der Waals surface area contributed by atoms with Gasteiger partial charge in [0.05, 0.1) is 16.3 Å². The summed E-state index contributed by atoms with van der Waals surface area (Å²) >= 11 is 0. The highest BCUT2D eigenvalue weighted by molar-refractivity contribution is 7.90. The molecule has 0 aliphatic carbocycles. The fourth-order valence-electron chi connectivity index (χ4n) is 5.48. The molecule has 3 aromatic carbocycles. The van der Waals surface area contributed by atoms with E-state index in [-0.39, 0.29) is 16.3 Å². The molecule has 2 fully saturated rings. The third-order valence-electron chi connectivity index (χ3n) is 7.90. The number of anilines is 1. The molecular weight excluding hydrogens is 571 g/mol. The lowest BCUT2D eigenvalue weighted by Gasteiger charge is -2.33. The number of hydrogen-bond acceptors (Lipinski definition) is 6. The molecule has 11 heteroatoms. The summed E-state index contributed by atoms with van der Waals surface area (Å²) in [5, 5.41) is 0. The van der Waals surface area contributed by atoms with Gasteiger partial charge in [-0.25, -0.2) is 8.42 Å². The average Bonchev–Trinajstić information content (AvgIpc) is 3.64. The lowest BCUT2D eigenvalue weighted by Crippen LogP contribution is -2.42. The van der Waals surface area contributed by atoms with E-state index in [1.165, 1.54) is 4.31 Å². The van der Waals surface area contributed by atoms with E-state index in [2.05, 4.69) is 9.30 Å². The number of likely N-dealkylation sites (tertiary alicyclic amines) is 1. The fourth-order valence-corrected chi connectivity index (χ4v) is 8.08. The molecule has 3 aromatic rings. The van der Waals surface area contributed by atoms with E-state index in [0.717, 1.165) is 48.3 Å². The van der Waals surface area contributed by atoms with Crippen molar-refractivity contribution in [2.45, 2.75) is 42.6 Å². The first-order valence-corrected chi connectivity index (χ1v) is 17.1. The second-order valence-corrected chi connectivity index (χ2v) is 14.8.